The van der Waals surface area contributed by atoms with E-state index in [1.165, 1.54) is 0 Å². The highest BCUT2D eigenvalue weighted by molar-refractivity contribution is 7.09. The molecule has 5 nitrogen and oxygen atoms in total. The minimum absolute atomic E-state index is 0.0551. The lowest BCUT2D eigenvalue weighted by Crippen LogP contribution is -2.40. The molecule has 0 aliphatic carbocycles. The monoisotopic (exact) mass is 358 g/mol. The predicted molar refractivity (Wildman–Crippen MR) is 97.2 cm³/mol. The molecular formula is C19H22N2O3S. The van der Waals surface area contributed by atoms with Gasteiger partial charge in [0.25, 0.3) is 0 Å². The quantitative estimate of drug-likeness (QED) is 0.890. The first kappa shape index (κ1) is 17.6. The van der Waals surface area contributed by atoms with Crippen molar-refractivity contribution in [2.75, 3.05) is 13.1 Å². The molecule has 1 aliphatic rings. The molecule has 0 saturated carbocycles. The van der Waals surface area contributed by atoms with Crippen molar-refractivity contribution in [2.24, 2.45) is 0 Å². The summed E-state index contributed by atoms with van der Waals surface area (Å²) in [6, 6.07) is 6.62. The smallest absolute Gasteiger partial charge is 0.335 e. The first-order valence-corrected chi connectivity index (χ1v) is 9.49. The SMILES string of the molecule is CCc1csc(C2CCCN(C(=O)Cc3cccc(C(=O)O)c3)C2)n1. The molecular weight excluding hydrogens is 336 g/mol. The van der Waals surface area contributed by atoms with Crippen LogP contribution in [0, 0.1) is 0 Å². The number of aromatic carboxylic acids is 1. The zero-order chi connectivity index (χ0) is 17.8. The van der Waals surface area contributed by atoms with E-state index in [9.17, 15) is 9.59 Å². The van der Waals surface area contributed by atoms with Gasteiger partial charge < -0.3 is 10.0 Å². The van der Waals surface area contributed by atoms with E-state index in [0.29, 0.717) is 12.5 Å². The maximum absolute atomic E-state index is 12.6. The number of likely N-dealkylation sites (tertiary alicyclic amines) is 1. The van der Waals surface area contributed by atoms with Crippen molar-refractivity contribution in [2.45, 2.75) is 38.5 Å². The molecule has 3 rings (SSSR count). The largest absolute Gasteiger partial charge is 0.478 e. The summed E-state index contributed by atoms with van der Waals surface area (Å²) in [6.45, 7) is 3.56. The van der Waals surface area contributed by atoms with Crippen LogP contribution in [0.1, 0.15) is 52.3 Å². The van der Waals surface area contributed by atoms with E-state index in [2.05, 4.69) is 17.3 Å². The normalized spacial score (nSPS) is 17.5. The van der Waals surface area contributed by atoms with E-state index >= 15 is 0 Å². The van der Waals surface area contributed by atoms with Crippen LogP contribution in [0.5, 0.6) is 0 Å². The lowest BCUT2D eigenvalue weighted by Gasteiger charge is -2.32. The first-order valence-electron chi connectivity index (χ1n) is 8.61. The Hall–Kier alpha value is -2.21. The number of carboxylic acid groups (broad SMARTS) is 1. The van der Waals surface area contributed by atoms with Crippen LogP contribution in [0.25, 0.3) is 0 Å². The fourth-order valence-electron chi connectivity index (χ4n) is 3.18. The second-order valence-corrected chi connectivity index (χ2v) is 7.28. The molecule has 0 bridgehead atoms. The molecule has 0 radical (unpaired) electrons. The van der Waals surface area contributed by atoms with Gasteiger partial charge in [-0.25, -0.2) is 9.78 Å². The number of carbonyl (C=O) groups excluding carboxylic acids is 1. The number of amides is 1. The maximum atomic E-state index is 12.6. The fraction of sp³-hybridized carbons (Fsp3) is 0.421. The predicted octanol–water partition coefficient (Wildman–Crippen LogP) is 3.35. The van der Waals surface area contributed by atoms with Gasteiger partial charge in [0.15, 0.2) is 0 Å². The van der Waals surface area contributed by atoms with Crippen molar-refractivity contribution in [3.05, 3.63) is 51.5 Å². The summed E-state index contributed by atoms with van der Waals surface area (Å²) >= 11 is 1.69. The Morgan fingerprint density at radius 2 is 2.24 bits per heavy atom. The van der Waals surface area contributed by atoms with Crippen molar-refractivity contribution in [3.8, 4) is 0 Å². The van der Waals surface area contributed by atoms with Gasteiger partial charge in [0.2, 0.25) is 5.91 Å². The molecule has 1 atom stereocenters. The second kappa shape index (κ2) is 7.78. The Morgan fingerprint density at radius 1 is 1.40 bits per heavy atom. The lowest BCUT2D eigenvalue weighted by molar-refractivity contribution is -0.131. The Kier molecular flexibility index (Phi) is 5.48. The summed E-state index contributed by atoms with van der Waals surface area (Å²) in [7, 11) is 0. The lowest BCUT2D eigenvalue weighted by atomic mass is 9.98. The third kappa shape index (κ3) is 4.25. The van der Waals surface area contributed by atoms with Crippen LogP contribution in [-0.2, 0) is 17.6 Å². The number of piperidine rings is 1. The number of carbonyl (C=O) groups is 2. The Bertz CT molecular complexity index is 772. The Morgan fingerprint density at radius 3 is 2.96 bits per heavy atom. The zero-order valence-corrected chi connectivity index (χ0v) is 15.1. The van der Waals surface area contributed by atoms with Gasteiger partial charge >= 0.3 is 5.97 Å². The summed E-state index contributed by atoms with van der Waals surface area (Å²) in [5.74, 6) is -0.601. The van der Waals surface area contributed by atoms with E-state index in [-0.39, 0.29) is 17.9 Å². The van der Waals surface area contributed by atoms with Crippen LogP contribution in [0.3, 0.4) is 0 Å². The van der Waals surface area contributed by atoms with Gasteiger partial charge in [0, 0.05) is 24.4 Å². The molecule has 1 fully saturated rings. The number of aryl methyl sites for hydroxylation is 1. The van der Waals surface area contributed by atoms with Crippen LogP contribution in [-0.4, -0.2) is 40.0 Å². The second-order valence-electron chi connectivity index (χ2n) is 6.39. The van der Waals surface area contributed by atoms with Crippen LogP contribution in [0.15, 0.2) is 29.6 Å². The van der Waals surface area contributed by atoms with Crippen LogP contribution >= 0.6 is 11.3 Å². The highest BCUT2D eigenvalue weighted by Crippen LogP contribution is 2.29. The molecule has 1 unspecified atom stereocenters. The van der Waals surface area contributed by atoms with Crippen LogP contribution < -0.4 is 0 Å². The van der Waals surface area contributed by atoms with Crippen LogP contribution in [0.4, 0.5) is 0 Å². The van der Waals surface area contributed by atoms with E-state index in [4.69, 9.17) is 5.11 Å². The summed E-state index contributed by atoms with van der Waals surface area (Å²) in [6.07, 6.45) is 3.22. The number of carboxylic acids is 1. The van der Waals surface area contributed by atoms with E-state index in [1.54, 1.807) is 35.6 Å². The van der Waals surface area contributed by atoms with Crippen molar-refractivity contribution in [1.29, 1.82) is 0 Å². The molecule has 6 heteroatoms. The van der Waals surface area contributed by atoms with Gasteiger partial charge in [-0.1, -0.05) is 19.1 Å². The van der Waals surface area contributed by atoms with E-state index in [1.807, 2.05) is 4.90 Å². The third-order valence-electron chi connectivity index (χ3n) is 4.58. The number of nitrogens with zero attached hydrogens (tertiary/aromatic N) is 2. The molecule has 2 heterocycles. The fourth-order valence-corrected chi connectivity index (χ4v) is 4.21. The first-order chi connectivity index (χ1) is 12.1. The highest BCUT2D eigenvalue weighted by Gasteiger charge is 2.26. The van der Waals surface area contributed by atoms with Crippen molar-refractivity contribution >= 4 is 23.2 Å². The summed E-state index contributed by atoms with van der Waals surface area (Å²) in [4.78, 5) is 30.3. The van der Waals surface area contributed by atoms with Crippen LogP contribution in [0.2, 0.25) is 0 Å². The minimum atomic E-state index is -0.970. The summed E-state index contributed by atoms with van der Waals surface area (Å²) < 4.78 is 0. The zero-order valence-electron chi connectivity index (χ0n) is 14.3. The molecule has 1 N–H and O–H groups in total. The number of aromatic nitrogens is 1. The molecule has 132 valence electrons. The molecule has 2 aromatic rings. The Balaban J connectivity index is 1.65. The van der Waals surface area contributed by atoms with E-state index < -0.39 is 5.97 Å². The van der Waals surface area contributed by atoms with Gasteiger partial charge in [-0.15, -0.1) is 11.3 Å². The average Bonchev–Trinajstić information content (AvgIpc) is 3.11. The van der Waals surface area contributed by atoms with Gasteiger partial charge in [0.1, 0.15) is 0 Å². The maximum Gasteiger partial charge on any atom is 0.335 e. The molecule has 25 heavy (non-hydrogen) atoms. The van der Waals surface area contributed by atoms with Gasteiger partial charge in [-0.3, -0.25) is 4.79 Å². The average molecular weight is 358 g/mol. The molecule has 1 aromatic carbocycles. The highest BCUT2D eigenvalue weighted by atomic mass is 32.1. The number of hydrogen-bond acceptors (Lipinski definition) is 4. The summed E-state index contributed by atoms with van der Waals surface area (Å²) in [5, 5.41) is 12.3. The molecule has 1 aromatic heterocycles. The molecule has 1 saturated heterocycles. The number of benzene rings is 1. The third-order valence-corrected chi connectivity index (χ3v) is 5.64. The number of hydrogen-bond donors (Lipinski definition) is 1. The molecule has 1 aliphatic heterocycles. The van der Waals surface area contributed by atoms with Crippen molar-refractivity contribution < 1.29 is 14.7 Å². The molecule has 1 amide bonds. The molecule has 0 spiro atoms. The van der Waals surface area contributed by atoms with Crippen molar-refractivity contribution in [3.63, 3.8) is 0 Å². The standard InChI is InChI=1S/C19H22N2O3S/c1-2-16-12-25-18(20-16)15-7-4-8-21(11-15)17(22)10-13-5-3-6-14(9-13)19(23)24/h3,5-6,9,12,15H,2,4,7-8,10-11H2,1H3,(H,23,24). The van der Waals surface area contributed by atoms with E-state index in [0.717, 1.165) is 42.1 Å². The topological polar surface area (TPSA) is 70.5 Å². The number of rotatable bonds is 5. The van der Waals surface area contributed by atoms with Crippen molar-refractivity contribution in [1.82, 2.24) is 9.88 Å². The number of thiazole rings is 1. The Labute approximate surface area is 151 Å². The van der Waals surface area contributed by atoms with Gasteiger partial charge in [-0.05, 0) is 37.0 Å². The van der Waals surface area contributed by atoms with Gasteiger partial charge in [0.05, 0.1) is 22.7 Å². The van der Waals surface area contributed by atoms with Gasteiger partial charge in [-0.2, -0.15) is 0 Å². The minimum Gasteiger partial charge on any atom is -0.478 e. The summed E-state index contributed by atoms with van der Waals surface area (Å²) in [5.41, 5.74) is 2.08.